The van der Waals surface area contributed by atoms with E-state index in [9.17, 15) is 0 Å². The Balaban J connectivity index is 1.45. The highest BCUT2D eigenvalue weighted by molar-refractivity contribution is 5.38. The molecule has 3 heterocycles. The van der Waals surface area contributed by atoms with Crippen molar-refractivity contribution in [3.63, 3.8) is 0 Å². The molecule has 6 nitrogen and oxygen atoms in total. The Morgan fingerprint density at radius 1 is 1.15 bits per heavy atom. The fraction of sp³-hybridized carbons (Fsp3) is 0.350. The average molecular weight is 348 g/mol. The molecule has 1 atom stereocenters. The van der Waals surface area contributed by atoms with Crippen LogP contribution < -0.4 is 5.32 Å². The molecule has 6 heteroatoms. The minimum absolute atomic E-state index is 0.356. The van der Waals surface area contributed by atoms with E-state index < -0.39 is 0 Å². The number of likely N-dealkylation sites (tertiary alicyclic amines) is 1. The van der Waals surface area contributed by atoms with Crippen LogP contribution in [0, 0.1) is 6.92 Å². The molecule has 0 saturated carbocycles. The largest absolute Gasteiger partial charge is 0.366 e. The van der Waals surface area contributed by atoms with Crippen LogP contribution in [0.4, 0.5) is 5.82 Å². The Kier molecular flexibility index (Phi) is 4.67. The smallest absolute Gasteiger partial charge is 0.130 e. The van der Waals surface area contributed by atoms with Crippen molar-refractivity contribution in [2.45, 2.75) is 32.5 Å². The van der Waals surface area contributed by atoms with Crippen molar-refractivity contribution in [2.75, 3.05) is 11.9 Å². The first-order valence-corrected chi connectivity index (χ1v) is 9.02. The molecule has 1 aliphatic heterocycles. The lowest BCUT2D eigenvalue weighted by Crippen LogP contribution is -2.40. The van der Waals surface area contributed by atoms with E-state index >= 15 is 0 Å². The lowest BCUT2D eigenvalue weighted by Gasteiger charge is -2.40. The zero-order valence-electron chi connectivity index (χ0n) is 15.3. The van der Waals surface area contributed by atoms with Gasteiger partial charge in [-0.25, -0.2) is 9.97 Å². The number of benzene rings is 1. The average Bonchev–Trinajstić information content (AvgIpc) is 3.03. The molecule has 1 aromatic carbocycles. The van der Waals surface area contributed by atoms with Gasteiger partial charge in [-0.15, -0.1) is 0 Å². The predicted octanol–water partition coefficient (Wildman–Crippen LogP) is 3.08. The number of aromatic nitrogens is 4. The molecular formula is C20H24N6. The molecule has 1 N–H and O–H groups in total. The van der Waals surface area contributed by atoms with Crippen molar-refractivity contribution >= 4 is 5.82 Å². The van der Waals surface area contributed by atoms with Crippen LogP contribution in [-0.4, -0.2) is 31.2 Å². The molecule has 0 bridgehead atoms. The summed E-state index contributed by atoms with van der Waals surface area (Å²) in [6.45, 7) is 4.73. The summed E-state index contributed by atoms with van der Waals surface area (Å²) in [5, 5.41) is 7.69. The summed E-state index contributed by atoms with van der Waals surface area (Å²) in [7, 11) is 1.95. The Labute approximate surface area is 153 Å². The Morgan fingerprint density at radius 2 is 2.00 bits per heavy atom. The van der Waals surface area contributed by atoms with Crippen molar-refractivity contribution in [1.29, 1.82) is 0 Å². The van der Waals surface area contributed by atoms with Crippen LogP contribution in [0.15, 0.2) is 48.8 Å². The minimum atomic E-state index is 0.356. The van der Waals surface area contributed by atoms with Crippen LogP contribution in [0.25, 0.3) is 0 Å². The standard InChI is InChI=1S/C20H24N6/c1-15-23-18(10-20(24-15)21-11-16-6-4-3-5-7-16)19-8-9-26(19)14-17-12-22-25(2)13-17/h3-7,10,12-13,19H,8-9,11,14H2,1-2H3,(H,21,23,24). The summed E-state index contributed by atoms with van der Waals surface area (Å²) in [4.78, 5) is 11.7. The van der Waals surface area contributed by atoms with Crippen LogP contribution >= 0.6 is 0 Å². The lowest BCUT2D eigenvalue weighted by molar-refractivity contribution is 0.0785. The monoisotopic (exact) mass is 348 g/mol. The maximum Gasteiger partial charge on any atom is 0.130 e. The molecule has 1 aliphatic rings. The van der Waals surface area contributed by atoms with Gasteiger partial charge in [0.25, 0.3) is 0 Å². The van der Waals surface area contributed by atoms with Gasteiger partial charge < -0.3 is 5.32 Å². The van der Waals surface area contributed by atoms with Crippen molar-refractivity contribution in [3.05, 3.63) is 71.4 Å². The van der Waals surface area contributed by atoms with E-state index in [1.165, 1.54) is 11.1 Å². The number of nitrogens with zero attached hydrogens (tertiary/aromatic N) is 5. The predicted molar refractivity (Wildman–Crippen MR) is 102 cm³/mol. The quantitative estimate of drug-likeness (QED) is 0.742. The third kappa shape index (κ3) is 3.75. The van der Waals surface area contributed by atoms with Gasteiger partial charge in [-0.1, -0.05) is 30.3 Å². The van der Waals surface area contributed by atoms with Gasteiger partial charge in [0, 0.05) is 44.5 Å². The highest BCUT2D eigenvalue weighted by Gasteiger charge is 2.31. The lowest BCUT2D eigenvalue weighted by atomic mass is 9.98. The van der Waals surface area contributed by atoms with Crippen LogP contribution in [-0.2, 0) is 20.1 Å². The van der Waals surface area contributed by atoms with Gasteiger partial charge in [0.05, 0.1) is 17.9 Å². The molecule has 0 radical (unpaired) electrons. The van der Waals surface area contributed by atoms with Crippen LogP contribution in [0.2, 0.25) is 0 Å². The first-order chi connectivity index (χ1) is 12.7. The zero-order valence-corrected chi connectivity index (χ0v) is 15.3. The summed E-state index contributed by atoms with van der Waals surface area (Å²) in [6, 6.07) is 12.8. The minimum Gasteiger partial charge on any atom is -0.366 e. The number of rotatable bonds is 6. The van der Waals surface area contributed by atoms with Crippen LogP contribution in [0.5, 0.6) is 0 Å². The molecule has 0 spiro atoms. The van der Waals surface area contributed by atoms with E-state index in [0.717, 1.165) is 43.4 Å². The molecule has 2 aromatic heterocycles. The van der Waals surface area contributed by atoms with Crippen LogP contribution in [0.1, 0.15) is 35.1 Å². The van der Waals surface area contributed by atoms with E-state index in [4.69, 9.17) is 4.98 Å². The molecule has 1 unspecified atom stereocenters. The molecule has 134 valence electrons. The van der Waals surface area contributed by atoms with Crippen molar-refractivity contribution < 1.29 is 0 Å². The summed E-state index contributed by atoms with van der Waals surface area (Å²) in [6.07, 6.45) is 5.15. The number of nitrogens with one attached hydrogen (secondary N) is 1. The zero-order chi connectivity index (χ0) is 17.9. The number of hydrogen-bond acceptors (Lipinski definition) is 5. The van der Waals surface area contributed by atoms with E-state index in [2.05, 4.69) is 56.8 Å². The van der Waals surface area contributed by atoms with Crippen molar-refractivity contribution in [1.82, 2.24) is 24.6 Å². The summed E-state index contributed by atoms with van der Waals surface area (Å²) >= 11 is 0. The first-order valence-electron chi connectivity index (χ1n) is 9.02. The molecule has 1 saturated heterocycles. The number of anilines is 1. The molecule has 3 aromatic rings. The molecular weight excluding hydrogens is 324 g/mol. The van der Waals surface area contributed by atoms with Gasteiger partial charge >= 0.3 is 0 Å². The van der Waals surface area contributed by atoms with E-state index in [0.29, 0.717) is 6.04 Å². The van der Waals surface area contributed by atoms with Crippen LogP contribution in [0.3, 0.4) is 0 Å². The van der Waals surface area contributed by atoms with E-state index in [-0.39, 0.29) is 0 Å². The number of aryl methyl sites for hydroxylation is 2. The second-order valence-corrected chi connectivity index (χ2v) is 6.86. The van der Waals surface area contributed by atoms with Gasteiger partial charge in [-0.2, -0.15) is 5.10 Å². The fourth-order valence-corrected chi connectivity index (χ4v) is 3.39. The Hall–Kier alpha value is -2.73. The maximum absolute atomic E-state index is 4.69. The normalized spacial score (nSPS) is 17.1. The highest BCUT2D eigenvalue weighted by atomic mass is 15.3. The third-order valence-corrected chi connectivity index (χ3v) is 4.79. The van der Waals surface area contributed by atoms with E-state index in [1.54, 1.807) is 0 Å². The summed E-state index contributed by atoms with van der Waals surface area (Å²) < 4.78 is 1.85. The van der Waals surface area contributed by atoms with Gasteiger partial charge in [-0.05, 0) is 18.9 Å². The second-order valence-electron chi connectivity index (χ2n) is 6.86. The first kappa shape index (κ1) is 16.7. The maximum atomic E-state index is 4.69. The van der Waals surface area contributed by atoms with Crippen molar-refractivity contribution in [2.24, 2.45) is 7.05 Å². The SMILES string of the molecule is Cc1nc(NCc2ccccc2)cc(C2CCN2Cc2cnn(C)c2)n1. The van der Waals surface area contributed by atoms with Gasteiger partial charge in [0.2, 0.25) is 0 Å². The Bertz CT molecular complexity index is 873. The summed E-state index contributed by atoms with van der Waals surface area (Å²) in [5.41, 5.74) is 3.58. The topological polar surface area (TPSA) is 58.9 Å². The molecule has 4 rings (SSSR count). The summed E-state index contributed by atoms with van der Waals surface area (Å²) in [5.74, 6) is 1.70. The van der Waals surface area contributed by atoms with Gasteiger partial charge in [-0.3, -0.25) is 9.58 Å². The van der Waals surface area contributed by atoms with Gasteiger partial charge in [0.15, 0.2) is 0 Å². The second kappa shape index (κ2) is 7.25. The Morgan fingerprint density at radius 3 is 2.69 bits per heavy atom. The van der Waals surface area contributed by atoms with Crippen molar-refractivity contribution in [3.8, 4) is 0 Å². The fourth-order valence-electron chi connectivity index (χ4n) is 3.39. The third-order valence-electron chi connectivity index (χ3n) is 4.79. The molecule has 1 fully saturated rings. The molecule has 26 heavy (non-hydrogen) atoms. The highest BCUT2D eigenvalue weighted by Crippen LogP contribution is 2.34. The number of hydrogen-bond donors (Lipinski definition) is 1. The van der Waals surface area contributed by atoms with E-state index in [1.807, 2.05) is 30.9 Å². The molecule has 0 aliphatic carbocycles. The molecule has 0 amide bonds. The van der Waals surface area contributed by atoms with Gasteiger partial charge in [0.1, 0.15) is 11.6 Å².